The zero-order chi connectivity index (χ0) is 11.6. The lowest BCUT2D eigenvalue weighted by Gasteiger charge is -2.23. The Kier molecular flexibility index (Phi) is 7.12. The molecule has 2 N–H and O–H groups in total. The maximum absolute atomic E-state index is 11.3. The minimum atomic E-state index is -0.0523. The molecule has 1 saturated heterocycles. The summed E-state index contributed by atoms with van der Waals surface area (Å²) in [7, 11) is 1.61. The topological polar surface area (TPSA) is 59.6 Å². The number of hydrogen-bond donors (Lipinski definition) is 2. The molecular weight excluding hydrogens is 208 g/mol. The highest BCUT2D eigenvalue weighted by molar-refractivity contribution is 5.77. The van der Waals surface area contributed by atoms with Crippen LogP contribution in [-0.2, 0) is 14.3 Å². The van der Waals surface area contributed by atoms with Crippen LogP contribution < -0.4 is 10.6 Å². The average molecular weight is 230 g/mol. The van der Waals surface area contributed by atoms with Gasteiger partial charge in [0.05, 0.1) is 13.2 Å². The zero-order valence-corrected chi connectivity index (χ0v) is 9.96. The van der Waals surface area contributed by atoms with Gasteiger partial charge in [0.2, 0.25) is 5.91 Å². The van der Waals surface area contributed by atoms with E-state index in [1.54, 1.807) is 7.11 Å². The first-order valence-electron chi connectivity index (χ1n) is 5.89. The Hall–Kier alpha value is -0.650. The van der Waals surface area contributed by atoms with Crippen LogP contribution in [0.5, 0.6) is 0 Å². The highest BCUT2D eigenvalue weighted by Crippen LogP contribution is 2.05. The minimum Gasteiger partial charge on any atom is -0.382 e. The van der Waals surface area contributed by atoms with E-state index in [1.165, 1.54) is 12.8 Å². The van der Waals surface area contributed by atoms with Crippen molar-refractivity contribution in [3.63, 3.8) is 0 Å². The maximum Gasteiger partial charge on any atom is 0.246 e. The van der Waals surface area contributed by atoms with E-state index in [0.717, 1.165) is 13.0 Å². The first-order valence-corrected chi connectivity index (χ1v) is 5.89. The Morgan fingerprint density at radius 3 is 3.00 bits per heavy atom. The molecule has 0 spiro atoms. The van der Waals surface area contributed by atoms with Crippen LogP contribution in [0.1, 0.15) is 19.3 Å². The van der Waals surface area contributed by atoms with Crippen molar-refractivity contribution in [1.82, 2.24) is 10.6 Å². The van der Waals surface area contributed by atoms with Crippen molar-refractivity contribution < 1.29 is 14.3 Å². The van der Waals surface area contributed by atoms with Gasteiger partial charge in [-0.25, -0.2) is 0 Å². The molecule has 0 bridgehead atoms. The molecule has 0 radical (unpaired) electrons. The molecule has 1 rings (SSSR count). The first kappa shape index (κ1) is 13.4. The number of amides is 1. The van der Waals surface area contributed by atoms with Crippen molar-refractivity contribution >= 4 is 5.91 Å². The van der Waals surface area contributed by atoms with Gasteiger partial charge in [0.15, 0.2) is 0 Å². The number of piperidine rings is 1. The van der Waals surface area contributed by atoms with E-state index in [9.17, 15) is 4.79 Å². The zero-order valence-electron chi connectivity index (χ0n) is 9.96. The van der Waals surface area contributed by atoms with Gasteiger partial charge in [-0.3, -0.25) is 4.79 Å². The summed E-state index contributed by atoms with van der Waals surface area (Å²) in [4.78, 5) is 11.3. The number of hydrogen-bond acceptors (Lipinski definition) is 4. The van der Waals surface area contributed by atoms with Gasteiger partial charge in [0, 0.05) is 19.7 Å². The Balaban J connectivity index is 1.96. The second kappa shape index (κ2) is 8.50. The lowest BCUT2D eigenvalue weighted by atomic mass is 10.1. The molecule has 0 saturated carbocycles. The summed E-state index contributed by atoms with van der Waals surface area (Å²) >= 11 is 0. The monoisotopic (exact) mass is 230 g/mol. The van der Waals surface area contributed by atoms with Gasteiger partial charge in [-0.15, -0.1) is 0 Å². The normalized spacial score (nSPS) is 20.7. The fraction of sp³-hybridized carbons (Fsp3) is 0.909. The molecule has 0 aromatic carbocycles. The number of carbonyl (C=O) groups excluding carboxylic acids is 1. The van der Waals surface area contributed by atoms with Crippen molar-refractivity contribution in [2.75, 3.05) is 40.0 Å². The summed E-state index contributed by atoms with van der Waals surface area (Å²) < 4.78 is 9.93. The van der Waals surface area contributed by atoms with Gasteiger partial charge in [0.25, 0.3) is 0 Å². The number of methoxy groups -OCH3 is 1. The van der Waals surface area contributed by atoms with Crippen molar-refractivity contribution in [1.29, 1.82) is 0 Å². The SMILES string of the molecule is COCCOCC(=O)NCC1CCCCN1. The summed E-state index contributed by atoms with van der Waals surface area (Å²) in [6, 6.07) is 0.427. The molecule has 0 aromatic rings. The van der Waals surface area contributed by atoms with Crippen LogP contribution in [0, 0.1) is 0 Å². The molecule has 1 amide bonds. The highest BCUT2D eigenvalue weighted by atomic mass is 16.5. The summed E-state index contributed by atoms with van der Waals surface area (Å²) in [6.45, 7) is 2.87. The number of carbonyl (C=O) groups is 1. The standard InChI is InChI=1S/C11H22N2O3/c1-15-6-7-16-9-11(14)13-8-10-4-2-3-5-12-10/h10,12H,2-9H2,1H3,(H,13,14). The number of nitrogens with one attached hydrogen (secondary N) is 2. The molecule has 94 valence electrons. The van der Waals surface area contributed by atoms with Gasteiger partial charge in [-0.05, 0) is 19.4 Å². The molecule has 0 aliphatic carbocycles. The van der Waals surface area contributed by atoms with Gasteiger partial charge in [-0.1, -0.05) is 6.42 Å². The van der Waals surface area contributed by atoms with E-state index >= 15 is 0 Å². The van der Waals surface area contributed by atoms with Crippen LogP contribution in [0.3, 0.4) is 0 Å². The van der Waals surface area contributed by atoms with Crippen LogP contribution in [-0.4, -0.2) is 52.0 Å². The second-order valence-corrected chi connectivity index (χ2v) is 4.00. The molecule has 1 aliphatic heterocycles. The van der Waals surface area contributed by atoms with Gasteiger partial charge in [0.1, 0.15) is 6.61 Å². The molecule has 1 fully saturated rings. The quantitative estimate of drug-likeness (QED) is 0.600. The van der Waals surface area contributed by atoms with Crippen LogP contribution in [0.2, 0.25) is 0 Å². The third-order valence-electron chi connectivity index (χ3n) is 2.62. The van der Waals surface area contributed by atoms with E-state index in [4.69, 9.17) is 9.47 Å². The van der Waals surface area contributed by atoms with E-state index in [2.05, 4.69) is 10.6 Å². The Morgan fingerprint density at radius 2 is 2.31 bits per heavy atom. The smallest absolute Gasteiger partial charge is 0.246 e. The Bertz CT molecular complexity index is 194. The average Bonchev–Trinajstić information content (AvgIpc) is 2.33. The van der Waals surface area contributed by atoms with Crippen molar-refractivity contribution in [2.24, 2.45) is 0 Å². The summed E-state index contributed by atoms with van der Waals surface area (Å²) in [6.07, 6.45) is 3.63. The van der Waals surface area contributed by atoms with Crippen LogP contribution >= 0.6 is 0 Å². The highest BCUT2D eigenvalue weighted by Gasteiger charge is 2.12. The van der Waals surface area contributed by atoms with E-state index < -0.39 is 0 Å². The van der Waals surface area contributed by atoms with Gasteiger partial charge < -0.3 is 20.1 Å². The van der Waals surface area contributed by atoms with Crippen molar-refractivity contribution in [2.45, 2.75) is 25.3 Å². The molecule has 1 atom stereocenters. The Labute approximate surface area is 96.9 Å². The first-order chi connectivity index (χ1) is 7.83. The lowest BCUT2D eigenvalue weighted by Crippen LogP contribution is -2.44. The van der Waals surface area contributed by atoms with Crippen molar-refractivity contribution in [3.8, 4) is 0 Å². The number of ether oxygens (including phenoxy) is 2. The molecule has 1 aliphatic rings. The molecule has 1 unspecified atom stereocenters. The molecule has 1 heterocycles. The second-order valence-electron chi connectivity index (χ2n) is 4.00. The summed E-state index contributed by atoms with van der Waals surface area (Å²) in [5, 5.41) is 6.24. The van der Waals surface area contributed by atoms with Crippen molar-refractivity contribution in [3.05, 3.63) is 0 Å². The van der Waals surface area contributed by atoms with Gasteiger partial charge in [-0.2, -0.15) is 0 Å². The maximum atomic E-state index is 11.3. The summed E-state index contributed by atoms with van der Waals surface area (Å²) in [5.41, 5.74) is 0. The van der Waals surface area contributed by atoms with E-state index in [0.29, 0.717) is 25.8 Å². The van der Waals surface area contributed by atoms with Crippen LogP contribution in [0.4, 0.5) is 0 Å². The molecule has 0 aromatic heterocycles. The van der Waals surface area contributed by atoms with Crippen LogP contribution in [0.15, 0.2) is 0 Å². The Morgan fingerprint density at radius 1 is 1.44 bits per heavy atom. The predicted octanol–water partition coefficient (Wildman–Crippen LogP) is -0.0923. The lowest BCUT2D eigenvalue weighted by molar-refractivity contribution is -0.126. The van der Waals surface area contributed by atoms with E-state index in [-0.39, 0.29) is 12.5 Å². The fourth-order valence-corrected chi connectivity index (χ4v) is 1.69. The minimum absolute atomic E-state index is 0.0523. The number of rotatable bonds is 7. The third-order valence-corrected chi connectivity index (χ3v) is 2.62. The predicted molar refractivity (Wildman–Crippen MR) is 61.3 cm³/mol. The summed E-state index contributed by atoms with van der Waals surface area (Å²) in [5.74, 6) is -0.0523. The molecular formula is C11H22N2O3. The fourth-order valence-electron chi connectivity index (χ4n) is 1.69. The molecule has 5 nitrogen and oxygen atoms in total. The molecule has 5 heteroatoms. The molecule has 16 heavy (non-hydrogen) atoms. The third kappa shape index (κ3) is 6.05. The van der Waals surface area contributed by atoms with E-state index in [1.807, 2.05) is 0 Å². The van der Waals surface area contributed by atoms with Crippen LogP contribution in [0.25, 0.3) is 0 Å². The van der Waals surface area contributed by atoms with Gasteiger partial charge >= 0.3 is 0 Å². The largest absolute Gasteiger partial charge is 0.382 e.